The molecule has 6 heteroatoms. The standard InChI is InChI=1S/C26H29NO5/c1-15(2)21-12-22-20(11-26(30)32-24(22)10-17(21)4)14-31-25(29)13-23(27-18(5)28)19-8-6-16(3)7-9-19/h6-12,15,23H,13-14H2,1-5H3,(H,27,28). The Bertz CT molecular complexity index is 1190. The minimum absolute atomic E-state index is 0.0155. The van der Waals surface area contributed by atoms with E-state index < -0.39 is 17.6 Å². The van der Waals surface area contributed by atoms with Crippen LogP contribution in [0.4, 0.5) is 0 Å². The van der Waals surface area contributed by atoms with Crippen LogP contribution in [0.5, 0.6) is 0 Å². The Morgan fingerprint density at radius 1 is 1.06 bits per heavy atom. The third-order valence-electron chi connectivity index (χ3n) is 5.46. The van der Waals surface area contributed by atoms with Crippen LogP contribution in [-0.4, -0.2) is 11.9 Å². The molecule has 32 heavy (non-hydrogen) atoms. The zero-order valence-electron chi connectivity index (χ0n) is 19.2. The highest BCUT2D eigenvalue weighted by Crippen LogP contribution is 2.27. The van der Waals surface area contributed by atoms with Crippen LogP contribution in [0.1, 0.15) is 67.0 Å². The summed E-state index contributed by atoms with van der Waals surface area (Å²) in [5.41, 5.74) is 4.68. The first-order valence-corrected chi connectivity index (χ1v) is 10.7. The maximum atomic E-state index is 12.6. The lowest BCUT2D eigenvalue weighted by molar-refractivity contribution is -0.145. The molecule has 0 spiro atoms. The van der Waals surface area contributed by atoms with E-state index in [0.717, 1.165) is 27.6 Å². The predicted molar refractivity (Wildman–Crippen MR) is 123 cm³/mol. The molecule has 0 aliphatic heterocycles. The molecule has 1 unspecified atom stereocenters. The molecule has 0 saturated carbocycles. The van der Waals surface area contributed by atoms with Gasteiger partial charge in [0.1, 0.15) is 12.2 Å². The molecule has 3 rings (SSSR count). The van der Waals surface area contributed by atoms with Crippen LogP contribution in [0.2, 0.25) is 0 Å². The van der Waals surface area contributed by atoms with Crippen molar-refractivity contribution in [2.24, 2.45) is 0 Å². The number of esters is 1. The van der Waals surface area contributed by atoms with Crippen molar-refractivity contribution in [3.8, 4) is 0 Å². The topological polar surface area (TPSA) is 85.6 Å². The number of carbonyl (C=O) groups is 2. The van der Waals surface area contributed by atoms with Crippen molar-refractivity contribution in [3.05, 3.63) is 80.7 Å². The zero-order chi connectivity index (χ0) is 23.4. The number of benzene rings is 2. The summed E-state index contributed by atoms with van der Waals surface area (Å²) in [5, 5.41) is 3.56. The monoisotopic (exact) mass is 435 g/mol. The molecule has 0 fully saturated rings. The highest BCUT2D eigenvalue weighted by Gasteiger charge is 2.19. The number of hydrogen-bond acceptors (Lipinski definition) is 5. The Balaban J connectivity index is 1.81. The second-order valence-corrected chi connectivity index (χ2v) is 8.48. The van der Waals surface area contributed by atoms with E-state index in [2.05, 4.69) is 19.2 Å². The molecule has 0 saturated heterocycles. The predicted octanol–water partition coefficient (Wildman–Crippen LogP) is 4.84. The van der Waals surface area contributed by atoms with Gasteiger partial charge in [0.05, 0.1) is 12.5 Å². The highest BCUT2D eigenvalue weighted by atomic mass is 16.5. The van der Waals surface area contributed by atoms with E-state index in [1.807, 2.05) is 50.2 Å². The third kappa shape index (κ3) is 5.63. The van der Waals surface area contributed by atoms with E-state index in [0.29, 0.717) is 17.1 Å². The van der Waals surface area contributed by atoms with Crippen LogP contribution in [-0.2, 0) is 20.9 Å². The number of rotatable bonds is 7. The second-order valence-electron chi connectivity index (χ2n) is 8.48. The van der Waals surface area contributed by atoms with E-state index in [-0.39, 0.29) is 18.9 Å². The van der Waals surface area contributed by atoms with Gasteiger partial charge in [0.15, 0.2) is 0 Å². The first-order valence-electron chi connectivity index (χ1n) is 10.7. The van der Waals surface area contributed by atoms with Gasteiger partial charge < -0.3 is 14.5 Å². The maximum absolute atomic E-state index is 12.6. The van der Waals surface area contributed by atoms with E-state index in [4.69, 9.17) is 9.15 Å². The van der Waals surface area contributed by atoms with Crippen LogP contribution >= 0.6 is 0 Å². The normalized spacial score (nSPS) is 12.1. The van der Waals surface area contributed by atoms with Gasteiger partial charge >= 0.3 is 11.6 Å². The summed E-state index contributed by atoms with van der Waals surface area (Å²) < 4.78 is 10.9. The molecule has 0 bridgehead atoms. The highest BCUT2D eigenvalue weighted by molar-refractivity contribution is 5.82. The summed E-state index contributed by atoms with van der Waals surface area (Å²) in [7, 11) is 0. The summed E-state index contributed by atoms with van der Waals surface area (Å²) in [6, 6.07) is 12.3. The van der Waals surface area contributed by atoms with Gasteiger partial charge in [-0.1, -0.05) is 43.7 Å². The quantitative estimate of drug-likeness (QED) is 0.424. The van der Waals surface area contributed by atoms with Gasteiger partial charge in [-0.3, -0.25) is 9.59 Å². The Morgan fingerprint density at radius 3 is 2.38 bits per heavy atom. The largest absolute Gasteiger partial charge is 0.461 e. The number of amides is 1. The van der Waals surface area contributed by atoms with Gasteiger partial charge in [-0.15, -0.1) is 0 Å². The molecule has 0 aliphatic rings. The van der Waals surface area contributed by atoms with Gasteiger partial charge in [-0.2, -0.15) is 0 Å². The molecule has 1 heterocycles. The van der Waals surface area contributed by atoms with Crippen LogP contribution in [0.15, 0.2) is 51.7 Å². The molecule has 2 aromatic carbocycles. The van der Waals surface area contributed by atoms with Gasteiger partial charge in [-0.25, -0.2) is 4.79 Å². The summed E-state index contributed by atoms with van der Waals surface area (Å²) in [4.78, 5) is 36.3. The lowest BCUT2D eigenvalue weighted by Crippen LogP contribution is -2.28. The number of ether oxygens (including phenoxy) is 1. The molecule has 1 atom stereocenters. The van der Waals surface area contributed by atoms with Gasteiger partial charge in [0.2, 0.25) is 5.91 Å². The average Bonchev–Trinajstić information content (AvgIpc) is 2.71. The average molecular weight is 436 g/mol. The van der Waals surface area contributed by atoms with Crippen molar-refractivity contribution in [2.75, 3.05) is 0 Å². The Labute approximate surface area is 187 Å². The molecule has 0 aliphatic carbocycles. The van der Waals surface area contributed by atoms with Crippen LogP contribution < -0.4 is 10.9 Å². The molecular formula is C26H29NO5. The Kier molecular flexibility index (Phi) is 7.13. The first kappa shape index (κ1) is 23.3. The number of aryl methyl sites for hydroxylation is 2. The fourth-order valence-electron chi connectivity index (χ4n) is 3.81. The lowest BCUT2D eigenvalue weighted by atomic mass is 9.95. The van der Waals surface area contributed by atoms with Gasteiger partial charge in [-0.05, 0) is 48.6 Å². The number of nitrogens with one attached hydrogen (secondary N) is 1. The van der Waals surface area contributed by atoms with Crippen molar-refractivity contribution < 1.29 is 18.7 Å². The SMILES string of the molecule is CC(=O)NC(CC(=O)OCc1cc(=O)oc2cc(C)c(C(C)C)cc12)c1ccc(C)cc1. The van der Waals surface area contributed by atoms with Crippen LogP contribution in [0.3, 0.4) is 0 Å². The molecule has 1 amide bonds. The van der Waals surface area contributed by atoms with Crippen molar-refractivity contribution in [1.29, 1.82) is 0 Å². The molecule has 168 valence electrons. The number of carbonyl (C=O) groups excluding carboxylic acids is 2. The molecule has 3 aromatic rings. The van der Waals surface area contributed by atoms with Crippen molar-refractivity contribution in [1.82, 2.24) is 5.32 Å². The fraction of sp³-hybridized carbons (Fsp3) is 0.346. The molecule has 0 radical (unpaired) electrons. The van der Waals surface area contributed by atoms with Crippen molar-refractivity contribution >= 4 is 22.8 Å². The summed E-state index contributed by atoms with van der Waals surface area (Å²) in [6.07, 6.45) is -0.0155. The lowest BCUT2D eigenvalue weighted by Gasteiger charge is -2.18. The van der Waals surface area contributed by atoms with Gasteiger partial charge in [0.25, 0.3) is 0 Å². The minimum atomic E-state index is -0.492. The smallest absolute Gasteiger partial charge is 0.336 e. The van der Waals surface area contributed by atoms with Crippen LogP contribution in [0, 0.1) is 13.8 Å². The van der Waals surface area contributed by atoms with Crippen molar-refractivity contribution in [2.45, 2.75) is 59.6 Å². The van der Waals surface area contributed by atoms with E-state index >= 15 is 0 Å². The van der Waals surface area contributed by atoms with Crippen LogP contribution in [0.25, 0.3) is 11.0 Å². The Morgan fingerprint density at radius 2 is 1.75 bits per heavy atom. The number of hydrogen-bond donors (Lipinski definition) is 1. The minimum Gasteiger partial charge on any atom is -0.461 e. The summed E-state index contributed by atoms with van der Waals surface area (Å²) in [5.74, 6) is -0.400. The molecule has 1 N–H and O–H groups in total. The second kappa shape index (κ2) is 9.81. The fourth-order valence-corrected chi connectivity index (χ4v) is 3.81. The Hall–Kier alpha value is -3.41. The van der Waals surface area contributed by atoms with E-state index in [1.165, 1.54) is 13.0 Å². The molecule has 1 aromatic heterocycles. The maximum Gasteiger partial charge on any atom is 0.336 e. The van der Waals surface area contributed by atoms with Crippen molar-refractivity contribution in [3.63, 3.8) is 0 Å². The zero-order valence-corrected chi connectivity index (χ0v) is 19.2. The summed E-state index contributed by atoms with van der Waals surface area (Å²) in [6.45, 7) is 9.51. The summed E-state index contributed by atoms with van der Waals surface area (Å²) >= 11 is 0. The van der Waals surface area contributed by atoms with Gasteiger partial charge in [0, 0.05) is 23.9 Å². The van der Waals surface area contributed by atoms with E-state index in [9.17, 15) is 14.4 Å². The number of fused-ring (bicyclic) bond motifs is 1. The molecular weight excluding hydrogens is 406 g/mol. The third-order valence-corrected chi connectivity index (χ3v) is 5.46. The van der Waals surface area contributed by atoms with E-state index in [1.54, 1.807) is 0 Å². The first-order chi connectivity index (χ1) is 15.1. The molecule has 6 nitrogen and oxygen atoms in total.